The molecule has 0 spiro atoms. The normalized spacial score (nSPS) is 20.9. The van der Waals surface area contributed by atoms with E-state index in [0.29, 0.717) is 5.69 Å². The quantitative estimate of drug-likeness (QED) is 0.742. The predicted octanol–water partition coefficient (Wildman–Crippen LogP) is 0.563. The van der Waals surface area contributed by atoms with E-state index >= 15 is 0 Å². The lowest BCUT2D eigenvalue weighted by Gasteiger charge is -2.23. The number of carbonyl (C=O) groups is 1. The Bertz CT molecular complexity index is 320. The van der Waals surface area contributed by atoms with E-state index in [9.17, 15) is 4.79 Å². The van der Waals surface area contributed by atoms with E-state index in [4.69, 9.17) is 0 Å². The van der Waals surface area contributed by atoms with Gasteiger partial charge >= 0.3 is 0 Å². The van der Waals surface area contributed by atoms with Crippen molar-refractivity contribution >= 4 is 5.91 Å². The van der Waals surface area contributed by atoms with Crippen LogP contribution in [0.1, 0.15) is 23.3 Å². The topological polar surface area (TPSA) is 54.0 Å². The summed E-state index contributed by atoms with van der Waals surface area (Å²) in [6, 6.07) is 5.60. The molecule has 4 nitrogen and oxygen atoms in total. The van der Waals surface area contributed by atoms with Crippen molar-refractivity contribution in [2.24, 2.45) is 0 Å². The highest BCUT2D eigenvalue weighted by atomic mass is 16.1. The summed E-state index contributed by atoms with van der Waals surface area (Å²) < 4.78 is 0. The standard InChI is InChI=1S/C11H15N3O/c15-11(10-5-1-2-7-13-10)14-9-4-3-6-12-8-9/h1-2,5,7,9,12H,3-4,6,8H2,(H,14,15)/t9-/m1/s1. The second-order valence-corrected chi connectivity index (χ2v) is 3.73. The van der Waals surface area contributed by atoms with Crippen LogP contribution in [0, 0.1) is 0 Å². The van der Waals surface area contributed by atoms with Crippen molar-refractivity contribution in [3.8, 4) is 0 Å². The molecule has 0 aromatic carbocycles. The monoisotopic (exact) mass is 205 g/mol. The molecule has 1 saturated heterocycles. The fourth-order valence-electron chi connectivity index (χ4n) is 1.73. The molecule has 0 radical (unpaired) electrons. The zero-order chi connectivity index (χ0) is 10.5. The highest BCUT2D eigenvalue weighted by Gasteiger charge is 2.16. The molecule has 0 unspecified atom stereocenters. The number of nitrogens with one attached hydrogen (secondary N) is 2. The second-order valence-electron chi connectivity index (χ2n) is 3.73. The third-order valence-electron chi connectivity index (χ3n) is 2.53. The number of piperidine rings is 1. The van der Waals surface area contributed by atoms with Gasteiger partial charge in [0.15, 0.2) is 0 Å². The van der Waals surface area contributed by atoms with Gasteiger partial charge in [-0.1, -0.05) is 6.07 Å². The smallest absolute Gasteiger partial charge is 0.270 e. The lowest BCUT2D eigenvalue weighted by molar-refractivity contribution is 0.0925. The maximum absolute atomic E-state index is 11.7. The van der Waals surface area contributed by atoms with E-state index in [1.54, 1.807) is 18.3 Å². The zero-order valence-electron chi connectivity index (χ0n) is 8.57. The summed E-state index contributed by atoms with van der Waals surface area (Å²) in [5, 5.41) is 6.23. The molecule has 0 bridgehead atoms. The highest BCUT2D eigenvalue weighted by molar-refractivity contribution is 5.92. The third kappa shape index (κ3) is 2.76. The molecule has 1 aliphatic heterocycles. The Morgan fingerprint density at radius 1 is 1.53 bits per heavy atom. The first-order chi connectivity index (χ1) is 7.36. The molecule has 1 aliphatic rings. The Morgan fingerprint density at radius 3 is 3.13 bits per heavy atom. The number of rotatable bonds is 2. The molecule has 2 heterocycles. The number of hydrogen-bond donors (Lipinski definition) is 2. The summed E-state index contributed by atoms with van der Waals surface area (Å²) in [5.41, 5.74) is 0.489. The van der Waals surface area contributed by atoms with Gasteiger partial charge in [0.05, 0.1) is 0 Å². The van der Waals surface area contributed by atoms with Gasteiger partial charge in [-0.15, -0.1) is 0 Å². The zero-order valence-corrected chi connectivity index (χ0v) is 8.57. The van der Waals surface area contributed by atoms with Crippen LogP contribution in [0.2, 0.25) is 0 Å². The van der Waals surface area contributed by atoms with Crippen molar-refractivity contribution in [1.29, 1.82) is 0 Å². The summed E-state index contributed by atoms with van der Waals surface area (Å²) in [6.07, 6.45) is 3.80. The van der Waals surface area contributed by atoms with Crippen LogP contribution >= 0.6 is 0 Å². The van der Waals surface area contributed by atoms with Crippen LogP contribution < -0.4 is 10.6 Å². The van der Waals surface area contributed by atoms with E-state index in [2.05, 4.69) is 15.6 Å². The van der Waals surface area contributed by atoms with Crippen molar-refractivity contribution in [2.45, 2.75) is 18.9 Å². The average Bonchev–Trinajstić information content (AvgIpc) is 2.31. The Labute approximate surface area is 89.1 Å². The van der Waals surface area contributed by atoms with Gasteiger partial charge in [0.2, 0.25) is 0 Å². The summed E-state index contributed by atoms with van der Waals surface area (Å²) in [6.45, 7) is 1.91. The minimum Gasteiger partial charge on any atom is -0.347 e. The van der Waals surface area contributed by atoms with E-state index in [1.165, 1.54) is 0 Å². The Morgan fingerprint density at radius 2 is 2.47 bits per heavy atom. The molecule has 15 heavy (non-hydrogen) atoms. The van der Waals surface area contributed by atoms with Crippen LogP contribution in [-0.2, 0) is 0 Å². The molecule has 2 rings (SSSR count). The molecule has 2 N–H and O–H groups in total. The predicted molar refractivity (Wildman–Crippen MR) is 57.6 cm³/mol. The molecule has 1 atom stereocenters. The van der Waals surface area contributed by atoms with E-state index < -0.39 is 0 Å². The molecule has 4 heteroatoms. The number of amides is 1. The third-order valence-corrected chi connectivity index (χ3v) is 2.53. The van der Waals surface area contributed by atoms with Crippen molar-refractivity contribution in [2.75, 3.05) is 13.1 Å². The van der Waals surface area contributed by atoms with Gasteiger partial charge in [-0.3, -0.25) is 9.78 Å². The number of nitrogens with zero attached hydrogens (tertiary/aromatic N) is 1. The van der Waals surface area contributed by atoms with E-state index in [0.717, 1.165) is 25.9 Å². The van der Waals surface area contributed by atoms with Crippen molar-refractivity contribution in [3.63, 3.8) is 0 Å². The lowest BCUT2D eigenvalue weighted by atomic mass is 10.1. The number of pyridine rings is 1. The molecule has 1 fully saturated rings. The van der Waals surface area contributed by atoms with Crippen LogP contribution in [0.5, 0.6) is 0 Å². The summed E-state index contributed by atoms with van der Waals surface area (Å²) >= 11 is 0. The van der Waals surface area contributed by atoms with Crippen LogP contribution in [0.25, 0.3) is 0 Å². The molecular formula is C11H15N3O. The van der Waals surface area contributed by atoms with Crippen molar-refractivity contribution < 1.29 is 4.79 Å². The molecule has 0 saturated carbocycles. The van der Waals surface area contributed by atoms with Crippen molar-refractivity contribution in [1.82, 2.24) is 15.6 Å². The molecule has 80 valence electrons. The minimum absolute atomic E-state index is 0.0794. The Kier molecular flexibility index (Phi) is 3.29. The Hall–Kier alpha value is -1.42. The molecule has 1 aromatic rings. The average molecular weight is 205 g/mol. The molecule has 1 aromatic heterocycles. The lowest BCUT2D eigenvalue weighted by Crippen LogP contribution is -2.45. The summed E-state index contributed by atoms with van der Waals surface area (Å²) in [5.74, 6) is -0.0794. The first-order valence-electron chi connectivity index (χ1n) is 5.29. The van der Waals surface area contributed by atoms with Gasteiger partial charge in [0.25, 0.3) is 5.91 Å². The Balaban J connectivity index is 1.91. The molecular weight excluding hydrogens is 190 g/mol. The van der Waals surface area contributed by atoms with Crippen LogP contribution in [0.4, 0.5) is 0 Å². The van der Waals surface area contributed by atoms with Gasteiger partial charge in [0.1, 0.15) is 5.69 Å². The van der Waals surface area contributed by atoms with E-state index in [-0.39, 0.29) is 11.9 Å². The summed E-state index contributed by atoms with van der Waals surface area (Å²) in [7, 11) is 0. The highest BCUT2D eigenvalue weighted by Crippen LogP contribution is 2.02. The van der Waals surface area contributed by atoms with E-state index in [1.807, 2.05) is 6.07 Å². The SMILES string of the molecule is O=C(N[C@@H]1CCCNC1)c1ccccn1. The maximum atomic E-state index is 11.7. The largest absolute Gasteiger partial charge is 0.347 e. The number of carbonyl (C=O) groups excluding carboxylic acids is 1. The fourth-order valence-corrected chi connectivity index (χ4v) is 1.73. The second kappa shape index (κ2) is 4.89. The van der Waals surface area contributed by atoms with Crippen molar-refractivity contribution in [3.05, 3.63) is 30.1 Å². The first-order valence-corrected chi connectivity index (χ1v) is 5.29. The van der Waals surface area contributed by atoms with Gasteiger partial charge < -0.3 is 10.6 Å². The van der Waals surface area contributed by atoms with Gasteiger partial charge in [-0.05, 0) is 31.5 Å². The van der Waals surface area contributed by atoms with Crippen LogP contribution in [-0.4, -0.2) is 30.0 Å². The molecule has 1 amide bonds. The first kappa shape index (κ1) is 10.1. The van der Waals surface area contributed by atoms with Crippen LogP contribution in [0.3, 0.4) is 0 Å². The number of aromatic nitrogens is 1. The fraction of sp³-hybridized carbons (Fsp3) is 0.455. The van der Waals surface area contributed by atoms with Crippen LogP contribution in [0.15, 0.2) is 24.4 Å². The summed E-state index contributed by atoms with van der Waals surface area (Å²) in [4.78, 5) is 15.7. The van der Waals surface area contributed by atoms with Gasteiger partial charge in [0, 0.05) is 18.8 Å². The minimum atomic E-state index is -0.0794. The number of hydrogen-bond acceptors (Lipinski definition) is 3. The van der Waals surface area contributed by atoms with Gasteiger partial charge in [-0.25, -0.2) is 0 Å². The maximum Gasteiger partial charge on any atom is 0.270 e. The van der Waals surface area contributed by atoms with Gasteiger partial charge in [-0.2, -0.15) is 0 Å². The molecule has 0 aliphatic carbocycles.